The molecule has 1 aromatic carbocycles. The van der Waals surface area contributed by atoms with Crippen LogP contribution in [0.3, 0.4) is 0 Å². The van der Waals surface area contributed by atoms with E-state index in [0.29, 0.717) is 24.2 Å². The Morgan fingerprint density at radius 3 is 2.63 bits per heavy atom. The monoisotopic (exact) mass is 287 g/mol. The zero-order chi connectivity index (χ0) is 13.7. The largest absolute Gasteiger partial charge is 0.340 e. The van der Waals surface area contributed by atoms with Crippen molar-refractivity contribution in [3.05, 3.63) is 39.4 Å². The standard InChI is InChI=1S/C12H17N3O3.ClH/c1-9-4-5-10(8-11(9)15(17)18)12(16)14(3)7-6-13-2;/h4-5,8,13H,6-7H2,1-3H3;1H. The minimum absolute atomic E-state index is 0. The fourth-order valence-corrected chi connectivity index (χ4v) is 1.54. The van der Waals surface area contributed by atoms with Crippen molar-refractivity contribution in [1.29, 1.82) is 0 Å². The second kappa shape index (κ2) is 7.70. The predicted molar refractivity (Wildman–Crippen MR) is 76.0 cm³/mol. The Kier molecular flexibility index (Phi) is 7.03. The minimum Gasteiger partial charge on any atom is -0.340 e. The number of likely N-dealkylation sites (N-methyl/N-ethyl adjacent to an activating group) is 2. The molecule has 0 radical (unpaired) electrons. The highest BCUT2D eigenvalue weighted by Gasteiger charge is 2.17. The Bertz CT molecular complexity index is 466. The van der Waals surface area contributed by atoms with E-state index in [9.17, 15) is 14.9 Å². The van der Waals surface area contributed by atoms with E-state index < -0.39 is 4.92 Å². The fourth-order valence-electron chi connectivity index (χ4n) is 1.54. The smallest absolute Gasteiger partial charge is 0.273 e. The maximum absolute atomic E-state index is 12.0. The first kappa shape index (κ1) is 17.3. The van der Waals surface area contributed by atoms with Crippen LogP contribution in [-0.4, -0.2) is 42.9 Å². The lowest BCUT2D eigenvalue weighted by Gasteiger charge is -2.16. The first-order chi connectivity index (χ1) is 8.47. The van der Waals surface area contributed by atoms with Gasteiger partial charge in [-0.25, -0.2) is 0 Å². The number of amides is 1. The number of halogens is 1. The van der Waals surface area contributed by atoms with Crippen molar-refractivity contribution in [3.8, 4) is 0 Å². The molecule has 6 nitrogen and oxygen atoms in total. The van der Waals surface area contributed by atoms with Gasteiger partial charge < -0.3 is 10.2 Å². The summed E-state index contributed by atoms with van der Waals surface area (Å²) in [4.78, 5) is 23.9. The number of nitro benzene ring substituents is 1. The number of hydrogen-bond acceptors (Lipinski definition) is 4. The van der Waals surface area contributed by atoms with Gasteiger partial charge in [0.05, 0.1) is 4.92 Å². The normalized spacial score (nSPS) is 9.63. The predicted octanol–water partition coefficient (Wildman–Crippen LogP) is 1.62. The maximum Gasteiger partial charge on any atom is 0.273 e. The summed E-state index contributed by atoms with van der Waals surface area (Å²) in [6, 6.07) is 4.53. The minimum atomic E-state index is -0.473. The van der Waals surface area contributed by atoms with Crippen LogP contribution in [0.4, 0.5) is 5.69 Å². The van der Waals surface area contributed by atoms with Gasteiger partial charge in [-0.2, -0.15) is 0 Å². The van der Waals surface area contributed by atoms with Crippen molar-refractivity contribution >= 4 is 24.0 Å². The van der Waals surface area contributed by atoms with Gasteiger partial charge in [0.25, 0.3) is 11.6 Å². The van der Waals surface area contributed by atoms with Gasteiger partial charge in [-0.15, -0.1) is 12.4 Å². The summed E-state index contributed by atoms with van der Waals surface area (Å²) in [5.74, 6) is -0.214. The lowest BCUT2D eigenvalue weighted by Crippen LogP contribution is -2.32. The van der Waals surface area contributed by atoms with Crippen LogP contribution in [-0.2, 0) is 0 Å². The zero-order valence-corrected chi connectivity index (χ0v) is 12.0. The summed E-state index contributed by atoms with van der Waals surface area (Å²) in [6.45, 7) is 2.88. The third kappa shape index (κ3) is 4.50. The van der Waals surface area contributed by atoms with Crippen molar-refractivity contribution in [2.24, 2.45) is 0 Å². The van der Waals surface area contributed by atoms with Gasteiger partial charge in [-0.1, -0.05) is 6.07 Å². The van der Waals surface area contributed by atoms with E-state index in [0.717, 1.165) is 0 Å². The number of nitrogens with zero attached hydrogens (tertiary/aromatic N) is 2. The molecule has 0 heterocycles. The molecule has 1 amide bonds. The second-order valence-corrected chi connectivity index (χ2v) is 4.09. The molecule has 1 aromatic rings. The molecule has 1 rings (SSSR count). The molecule has 0 aromatic heterocycles. The molecule has 0 fully saturated rings. The van der Waals surface area contributed by atoms with Crippen LogP contribution in [0.2, 0.25) is 0 Å². The zero-order valence-electron chi connectivity index (χ0n) is 11.2. The van der Waals surface area contributed by atoms with Crippen LogP contribution in [0.15, 0.2) is 18.2 Å². The van der Waals surface area contributed by atoms with E-state index in [2.05, 4.69) is 5.32 Å². The van der Waals surface area contributed by atoms with Crippen LogP contribution >= 0.6 is 12.4 Å². The highest BCUT2D eigenvalue weighted by molar-refractivity contribution is 5.94. The molecule has 0 saturated carbocycles. The van der Waals surface area contributed by atoms with E-state index in [1.807, 2.05) is 0 Å². The summed E-state index contributed by atoms with van der Waals surface area (Å²) < 4.78 is 0. The molecule has 0 bridgehead atoms. The average molecular weight is 288 g/mol. The summed E-state index contributed by atoms with van der Waals surface area (Å²) in [5.41, 5.74) is 0.864. The third-order valence-electron chi connectivity index (χ3n) is 2.70. The number of aryl methyl sites for hydroxylation is 1. The van der Waals surface area contributed by atoms with Crippen LogP contribution < -0.4 is 5.32 Å². The Balaban J connectivity index is 0.00000324. The lowest BCUT2D eigenvalue weighted by atomic mass is 10.1. The number of carbonyl (C=O) groups is 1. The van der Waals surface area contributed by atoms with Crippen LogP contribution in [0.1, 0.15) is 15.9 Å². The van der Waals surface area contributed by atoms with Crippen molar-refractivity contribution in [3.63, 3.8) is 0 Å². The molecular formula is C12H18ClN3O3. The van der Waals surface area contributed by atoms with Crippen LogP contribution in [0, 0.1) is 17.0 Å². The highest BCUT2D eigenvalue weighted by atomic mass is 35.5. The van der Waals surface area contributed by atoms with E-state index in [1.165, 1.54) is 11.0 Å². The molecule has 0 aliphatic heterocycles. The van der Waals surface area contributed by atoms with Crippen molar-refractivity contribution in [2.45, 2.75) is 6.92 Å². The highest BCUT2D eigenvalue weighted by Crippen LogP contribution is 2.19. The third-order valence-corrected chi connectivity index (χ3v) is 2.70. The number of benzene rings is 1. The number of nitrogens with one attached hydrogen (secondary N) is 1. The van der Waals surface area contributed by atoms with Crippen LogP contribution in [0.25, 0.3) is 0 Å². The van der Waals surface area contributed by atoms with Gasteiger partial charge in [-0.05, 0) is 20.0 Å². The van der Waals surface area contributed by atoms with E-state index in [4.69, 9.17) is 0 Å². The van der Waals surface area contributed by atoms with Gasteiger partial charge in [0, 0.05) is 37.3 Å². The van der Waals surface area contributed by atoms with Gasteiger partial charge in [0.15, 0.2) is 0 Å². The molecular weight excluding hydrogens is 270 g/mol. The Labute approximate surface area is 118 Å². The van der Waals surface area contributed by atoms with E-state index in [-0.39, 0.29) is 24.0 Å². The molecule has 19 heavy (non-hydrogen) atoms. The molecule has 106 valence electrons. The first-order valence-corrected chi connectivity index (χ1v) is 5.62. The molecule has 1 N–H and O–H groups in total. The average Bonchev–Trinajstić information content (AvgIpc) is 2.35. The van der Waals surface area contributed by atoms with Gasteiger partial charge >= 0.3 is 0 Å². The fraction of sp³-hybridized carbons (Fsp3) is 0.417. The number of rotatable bonds is 5. The molecule has 0 spiro atoms. The lowest BCUT2D eigenvalue weighted by molar-refractivity contribution is -0.385. The van der Waals surface area contributed by atoms with Crippen molar-refractivity contribution in [2.75, 3.05) is 27.2 Å². The Morgan fingerprint density at radius 2 is 2.11 bits per heavy atom. The second-order valence-electron chi connectivity index (χ2n) is 4.09. The van der Waals surface area contributed by atoms with Crippen molar-refractivity contribution < 1.29 is 9.72 Å². The van der Waals surface area contributed by atoms with Gasteiger partial charge in [0.2, 0.25) is 0 Å². The van der Waals surface area contributed by atoms with Crippen LogP contribution in [0.5, 0.6) is 0 Å². The number of carbonyl (C=O) groups excluding carboxylic acids is 1. The molecule has 0 aliphatic rings. The SMILES string of the molecule is CNCCN(C)C(=O)c1ccc(C)c([N+](=O)[O-])c1.Cl. The molecule has 0 atom stereocenters. The first-order valence-electron chi connectivity index (χ1n) is 5.62. The number of hydrogen-bond donors (Lipinski definition) is 1. The molecule has 7 heteroatoms. The van der Waals surface area contributed by atoms with E-state index >= 15 is 0 Å². The van der Waals surface area contributed by atoms with Gasteiger partial charge in [-0.3, -0.25) is 14.9 Å². The van der Waals surface area contributed by atoms with E-state index in [1.54, 1.807) is 33.2 Å². The molecule has 0 saturated heterocycles. The Morgan fingerprint density at radius 1 is 1.47 bits per heavy atom. The maximum atomic E-state index is 12.0. The van der Waals surface area contributed by atoms with Crippen molar-refractivity contribution in [1.82, 2.24) is 10.2 Å². The quantitative estimate of drug-likeness (QED) is 0.659. The van der Waals surface area contributed by atoms with Gasteiger partial charge in [0.1, 0.15) is 0 Å². The summed E-state index contributed by atoms with van der Waals surface area (Å²) >= 11 is 0. The molecule has 0 aliphatic carbocycles. The summed E-state index contributed by atoms with van der Waals surface area (Å²) in [5, 5.41) is 13.8. The summed E-state index contributed by atoms with van der Waals surface area (Å²) in [6.07, 6.45) is 0. The molecule has 0 unspecified atom stereocenters. The summed E-state index contributed by atoms with van der Waals surface area (Å²) in [7, 11) is 3.47. The topological polar surface area (TPSA) is 75.5 Å². The number of nitro groups is 1. The Hall–Kier alpha value is -1.66.